The van der Waals surface area contributed by atoms with E-state index in [9.17, 15) is 22.5 Å². The summed E-state index contributed by atoms with van der Waals surface area (Å²) in [7, 11) is -2.75. The van der Waals surface area contributed by atoms with Gasteiger partial charge in [0, 0.05) is 0 Å². The monoisotopic (exact) mass is 379 g/mol. The minimum absolute atomic E-state index is 0.0338. The van der Waals surface area contributed by atoms with E-state index in [1.165, 1.54) is 37.4 Å². The number of halogens is 2. The molecule has 8 heteroatoms. The number of nitriles is 1. The zero-order chi connectivity index (χ0) is 19.3. The van der Waals surface area contributed by atoms with Gasteiger partial charge in [0.15, 0.2) is 11.5 Å². The highest BCUT2D eigenvalue weighted by Crippen LogP contribution is 2.31. The van der Waals surface area contributed by atoms with E-state index in [4.69, 9.17) is 4.74 Å². The molecule has 0 amide bonds. The molecule has 0 aliphatic carbocycles. The van der Waals surface area contributed by atoms with Crippen molar-refractivity contribution in [3.63, 3.8) is 0 Å². The Morgan fingerprint density at radius 2 is 1.81 bits per heavy atom. The molecule has 0 saturated heterocycles. The molecule has 0 saturated carbocycles. The van der Waals surface area contributed by atoms with E-state index in [-0.39, 0.29) is 22.0 Å². The Morgan fingerprint density at radius 1 is 1.15 bits per heavy atom. The summed E-state index contributed by atoms with van der Waals surface area (Å²) in [6, 6.07) is 11.6. The molecule has 5 nitrogen and oxygen atoms in total. The Balaban J connectivity index is 2.48. The van der Waals surface area contributed by atoms with E-state index >= 15 is 0 Å². The molecule has 0 fully saturated rings. The van der Waals surface area contributed by atoms with Gasteiger partial charge in [-0.2, -0.15) is 14.0 Å². The Labute approximate surface area is 150 Å². The number of allylic oxidation sites excluding steroid dienone is 1. The summed E-state index contributed by atoms with van der Waals surface area (Å²) in [4.78, 5) is -0.553. The minimum atomic E-state index is -4.04. The Kier molecular flexibility index (Phi) is 5.95. The largest absolute Gasteiger partial charge is 0.493 e. The molecular weight excluding hydrogens is 364 g/mol. The smallest absolute Gasteiger partial charge is 0.387 e. The van der Waals surface area contributed by atoms with Gasteiger partial charge < -0.3 is 9.47 Å². The quantitative estimate of drug-likeness (QED) is 0.711. The lowest BCUT2D eigenvalue weighted by atomic mass is 10.2. The first-order valence-corrected chi connectivity index (χ1v) is 8.82. The summed E-state index contributed by atoms with van der Waals surface area (Å²) < 4.78 is 59.5. The van der Waals surface area contributed by atoms with Crippen molar-refractivity contribution in [3.05, 3.63) is 58.5 Å². The van der Waals surface area contributed by atoms with Crippen LogP contribution in [-0.2, 0) is 9.84 Å². The van der Waals surface area contributed by atoms with Crippen molar-refractivity contribution < 1.29 is 26.7 Å². The van der Waals surface area contributed by atoms with Gasteiger partial charge >= 0.3 is 6.61 Å². The predicted octanol–water partition coefficient (Wildman–Crippen LogP) is 3.94. The molecule has 2 aromatic carbocycles. The fourth-order valence-electron chi connectivity index (χ4n) is 2.14. The molecule has 0 aromatic heterocycles. The number of ether oxygens (including phenoxy) is 2. The molecule has 0 unspecified atom stereocenters. The molecular formula is C18H15F2NO4S. The van der Waals surface area contributed by atoms with Crippen LogP contribution < -0.4 is 9.47 Å². The molecule has 2 aromatic rings. The second kappa shape index (κ2) is 7.97. The highest BCUT2D eigenvalue weighted by atomic mass is 32.2. The van der Waals surface area contributed by atoms with Crippen LogP contribution in [0.1, 0.15) is 11.1 Å². The van der Waals surface area contributed by atoms with Crippen LogP contribution in [0.25, 0.3) is 6.08 Å². The highest BCUT2D eigenvalue weighted by Gasteiger charge is 2.21. The number of alkyl halides is 2. The average Bonchev–Trinajstić information content (AvgIpc) is 2.59. The Morgan fingerprint density at radius 3 is 2.35 bits per heavy atom. The maximum Gasteiger partial charge on any atom is 0.387 e. The van der Waals surface area contributed by atoms with Crippen LogP contribution in [0.3, 0.4) is 0 Å². The van der Waals surface area contributed by atoms with Crippen molar-refractivity contribution in [1.82, 2.24) is 0 Å². The molecule has 26 heavy (non-hydrogen) atoms. The molecule has 0 spiro atoms. The normalized spacial score (nSPS) is 11.9. The predicted molar refractivity (Wildman–Crippen MR) is 91.6 cm³/mol. The van der Waals surface area contributed by atoms with Crippen molar-refractivity contribution in [2.75, 3.05) is 7.11 Å². The highest BCUT2D eigenvalue weighted by molar-refractivity contribution is 7.95. The molecule has 0 heterocycles. The van der Waals surface area contributed by atoms with Crippen LogP contribution in [0.5, 0.6) is 11.5 Å². The zero-order valence-electron chi connectivity index (χ0n) is 13.9. The molecule has 136 valence electrons. The molecule has 0 radical (unpaired) electrons. The summed E-state index contributed by atoms with van der Waals surface area (Å²) >= 11 is 0. The maximum absolute atomic E-state index is 12.6. The number of aryl methyl sites for hydroxylation is 1. The summed E-state index contributed by atoms with van der Waals surface area (Å²) in [5.41, 5.74) is 1.07. The number of nitrogens with zero attached hydrogens (tertiary/aromatic N) is 1. The van der Waals surface area contributed by atoms with Crippen molar-refractivity contribution in [1.29, 1.82) is 5.26 Å². The van der Waals surface area contributed by atoms with Crippen LogP contribution in [0.4, 0.5) is 8.78 Å². The van der Waals surface area contributed by atoms with Gasteiger partial charge in [0.05, 0.1) is 12.0 Å². The van der Waals surface area contributed by atoms with Gasteiger partial charge in [0.1, 0.15) is 11.0 Å². The van der Waals surface area contributed by atoms with E-state index in [2.05, 4.69) is 4.74 Å². The van der Waals surface area contributed by atoms with Gasteiger partial charge in [0.2, 0.25) is 9.84 Å². The Bertz CT molecular complexity index is 962. The van der Waals surface area contributed by atoms with Crippen molar-refractivity contribution in [2.24, 2.45) is 0 Å². The van der Waals surface area contributed by atoms with Crippen LogP contribution in [0.15, 0.2) is 52.3 Å². The van der Waals surface area contributed by atoms with E-state index in [1.807, 2.05) is 0 Å². The number of rotatable bonds is 6. The number of methoxy groups -OCH3 is 1. The third kappa shape index (κ3) is 4.37. The first-order valence-electron chi connectivity index (χ1n) is 7.34. The summed E-state index contributed by atoms with van der Waals surface area (Å²) in [6.07, 6.45) is 1.09. The second-order valence-corrected chi connectivity index (χ2v) is 7.14. The van der Waals surface area contributed by atoms with Crippen LogP contribution >= 0.6 is 0 Å². The van der Waals surface area contributed by atoms with Gasteiger partial charge in [-0.15, -0.1) is 0 Å². The van der Waals surface area contributed by atoms with Gasteiger partial charge in [-0.3, -0.25) is 0 Å². The van der Waals surface area contributed by atoms with Crippen molar-refractivity contribution in [3.8, 4) is 17.6 Å². The number of sulfone groups is 1. The van der Waals surface area contributed by atoms with Gasteiger partial charge in [-0.1, -0.05) is 23.8 Å². The molecule has 0 N–H and O–H groups in total. The fourth-order valence-corrected chi connectivity index (χ4v) is 3.30. The van der Waals surface area contributed by atoms with E-state index in [0.717, 1.165) is 11.6 Å². The maximum atomic E-state index is 12.6. The van der Waals surface area contributed by atoms with Gasteiger partial charge in [-0.05, 0) is 42.8 Å². The van der Waals surface area contributed by atoms with Crippen molar-refractivity contribution >= 4 is 15.9 Å². The second-order valence-electron chi connectivity index (χ2n) is 5.23. The van der Waals surface area contributed by atoms with E-state index in [0.29, 0.717) is 0 Å². The third-order valence-corrected chi connectivity index (χ3v) is 5.11. The van der Waals surface area contributed by atoms with Gasteiger partial charge in [0.25, 0.3) is 0 Å². The summed E-state index contributed by atoms with van der Waals surface area (Å²) in [6.45, 7) is -1.27. The molecule has 0 aliphatic rings. The lowest BCUT2D eigenvalue weighted by Gasteiger charge is -2.10. The first kappa shape index (κ1) is 19.4. The summed E-state index contributed by atoms with van der Waals surface area (Å²) in [5.74, 6) is -0.205. The standard InChI is InChI=1S/C18H15F2NO4S/c1-12-3-6-14(7-4-12)26(22,23)15(11-21)9-13-5-8-16(24-2)17(10-13)25-18(19)20/h3-10,18H,1-2H3/b15-9+. The number of hydrogen-bond acceptors (Lipinski definition) is 5. The molecule has 0 atom stereocenters. The fraction of sp³-hybridized carbons (Fsp3) is 0.167. The average molecular weight is 379 g/mol. The van der Waals surface area contributed by atoms with Crippen LogP contribution in [0.2, 0.25) is 0 Å². The number of benzene rings is 2. The number of hydrogen-bond donors (Lipinski definition) is 0. The van der Waals surface area contributed by atoms with Gasteiger partial charge in [-0.25, -0.2) is 8.42 Å². The lowest BCUT2D eigenvalue weighted by Crippen LogP contribution is -2.05. The van der Waals surface area contributed by atoms with Crippen LogP contribution in [-0.4, -0.2) is 22.1 Å². The lowest BCUT2D eigenvalue weighted by molar-refractivity contribution is -0.0512. The zero-order valence-corrected chi connectivity index (χ0v) is 14.8. The van der Waals surface area contributed by atoms with E-state index in [1.54, 1.807) is 25.1 Å². The summed E-state index contributed by atoms with van der Waals surface area (Å²) in [5, 5.41) is 9.28. The van der Waals surface area contributed by atoms with Crippen LogP contribution in [0, 0.1) is 18.3 Å². The minimum Gasteiger partial charge on any atom is -0.493 e. The first-order chi connectivity index (χ1) is 12.3. The topological polar surface area (TPSA) is 76.4 Å². The Hall–Kier alpha value is -2.92. The molecule has 0 bridgehead atoms. The molecule has 2 rings (SSSR count). The SMILES string of the molecule is COc1ccc(/C=C(\C#N)S(=O)(=O)c2ccc(C)cc2)cc1OC(F)F. The third-order valence-electron chi connectivity index (χ3n) is 3.43. The molecule has 0 aliphatic heterocycles. The van der Waals surface area contributed by atoms with E-state index < -0.39 is 21.4 Å². The van der Waals surface area contributed by atoms with Crippen molar-refractivity contribution in [2.45, 2.75) is 18.4 Å².